The summed E-state index contributed by atoms with van der Waals surface area (Å²) in [6.45, 7) is 5.12. The first-order valence-corrected chi connectivity index (χ1v) is 8.81. The Bertz CT molecular complexity index is 440. The van der Waals surface area contributed by atoms with Gasteiger partial charge in [-0.2, -0.15) is 5.10 Å². The van der Waals surface area contributed by atoms with Crippen LogP contribution in [0.25, 0.3) is 0 Å². The highest BCUT2D eigenvalue weighted by molar-refractivity contribution is 5.13. The van der Waals surface area contributed by atoms with Crippen molar-refractivity contribution in [2.75, 3.05) is 13.1 Å². The van der Waals surface area contributed by atoms with Gasteiger partial charge in [-0.05, 0) is 44.6 Å². The summed E-state index contributed by atoms with van der Waals surface area (Å²) in [6, 6.07) is 1.12. The van der Waals surface area contributed by atoms with Gasteiger partial charge in [-0.15, -0.1) is 0 Å². The molecule has 2 heterocycles. The number of aromatic nitrogens is 2. The molecule has 0 bridgehead atoms. The largest absolute Gasteiger partial charge is 0.329 e. The smallest absolute Gasteiger partial charge is 0.0538 e. The van der Waals surface area contributed by atoms with Crippen molar-refractivity contribution >= 4 is 0 Å². The number of nitrogens with zero attached hydrogens (tertiary/aromatic N) is 3. The van der Waals surface area contributed by atoms with Gasteiger partial charge in [-0.25, -0.2) is 0 Å². The second-order valence-corrected chi connectivity index (χ2v) is 6.78. The molecule has 3 rings (SSSR count). The molecule has 1 aromatic rings. The molecular formula is C17H30N4. The fourth-order valence-corrected chi connectivity index (χ4v) is 4.42. The summed E-state index contributed by atoms with van der Waals surface area (Å²) in [7, 11) is 0. The van der Waals surface area contributed by atoms with E-state index in [0.717, 1.165) is 24.9 Å². The number of piperidine rings is 1. The molecule has 1 saturated carbocycles. The van der Waals surface area contributed by atoms with Crippen LogP contribution in [0.3, 0.4) is 0 Å². The van der Waals surface area contributed by atoms with Gasteiger partial charge >= 0.3 is 0 Å². The van der Waals surface area contributed by atoms with Gasteiger partial charge in [-0.3, -0.25) is 9.58 Å². The molecule has 0 radical (unpaired) electrons. The van der Waals surface area contributed by atoms with Crippen LogP contribution in [0.4, 0.5) is 0 Å². The van der Waals surface area contributed by atoms with Crippen molar-refractivity contribution in [1.29, 1.82) is 0 Å². The molecule has 1 aromatic heterocycles. The minimum absolute atomic E-state index is 0.363. The van der Waals surface area contributed by atoms with Gasteiger partial charge in [0.15, 0.2) is 0 Å². The van der Waals surface area contributed by atoms with Crippen molar-refractivity contribution in [3.8, 4) is 0 Å². The number of likely N-dealkylation sites (tertiary alicyclic amines) is 1. The molecule has 0 spiro atoms. The molecule has 4 nitrogen and oxygen atoms in total. The van der Waals surface area contributed by atoms with Gasteiger partial charge in [0, 0.05) is 30.9 Å². The Morgan fingerprint density at radius 3 is 2.90 bits per heavy atom. The maximum Gasteiger partial charge on any atom is 0.0538 e. The van der Waals surface area contributed by atoms with E-state index in [0.29, 0.717) is 12.6 Å². The molecule has 2 aliphatic rings. The Kier molecular flexibility index (Phi) is 4.96. The molecule has 21 heavy (non-hydrogen) atoms. The van der Waals surface area contributed by atoms with E-state index in [1.807, 2.05) is 6.20 Å². The number of hydrogen-bond donors (Lipinski definition) is 1. The Balaban J connectivity index is 1.77. The molecule has 3 atom stereocenters. The minimum atomic E-state index is 0.363. The summed E-state index contributed by atoms with van der Waals surface area (Å²) in [5.74, 6) is 0.909. The number of rotatable bonds is 5. The average molecular weight is 290 g/mol. The van der Waals surface area contributed by atoms with Gasteiger partial charge in [0.25, 0.3) is 0 Å². The van der Waals surface area contributed by atoms with E-state index in [4.69, 9.17) is 5.73 Å². The topological polar surface area (TPSA) is 47.1 Å². The van der Waals surface area contributed by atoms with E-state index in [1.165, 1.54) is 50.6 Å². The first-order chi connectivity index (χ1) is 10.3. The van der Waals surface area contributed by atoms with Crippen LogP contribution in [0.5, 0.6) is 0 Å². The highest BCUT2D eigenvalue weighted by Gasteiger charge is 2.36. The standard InChI is InChI=1S/C17H30N4/c1-2-9-20-13-15(12-19-20)17(11-18)21-10-5-7-14-6-3-4-8-16(14)21/h12-14,16-17H,2-11,18H2,1H3/t14-,16-,17?/m1/s1. The zero-order valence-corrected chi connectivity index (χ0v) is 13.4. The third-order valence-electron chi connectivity index (χ3n) is 5.40. The molecule has 4 heteroatoms. The van der Waals surface area contributed by atoms with Crippen LogP contribution in [0.2, 0.25) is 0 Å². The average Bonchev–Trinajstić information content (AvgIpc) is 2.97. The molecule has 2 N–H and O–H groups in total. The monoisotopic (exact) mass is 290 g/mol. The van der Waals surface area contributed by atoms with Crippen LogP contribution in [0.15, 0.2) is 12.4 Å². The summed E-state index contributed by atoms with van der Waals surface area (Å²) in [4.78, 5) is 2.71. The van der Waals surface area contributed by atoms with Crippen LogP contribution >= 0.6 is 0 Å². The van der Waals surface area contributed by atoms with Gasteiger partial charge in [0.2, 0.25) is 0 Å². The predicted molar refractivity (Wildman–Crippen MR) is 86.0 cm³/mol. The molecule has 0 amide bonds. The van der Waals surface area contributed by atoms with E-state index in [-0.39, 0.29) is 0 Å². The van der Waals surface area contributed by atoms with E-state index in [9.17, 15) is 0 Å². The van der Waals surface area contributed by atoms with E-state index < -0.39 is 0 Å². The fraction of sp³-hybridized carbons (Fsp3) is 0.824. The zero-order valence-electron chi connectivity index (χ0n) is 13.4. The third kappa shape index (κ3) is 3.16. The van der Waals surface area contributed by atoms with Crippen LogP contribution in [-0.4, -0.2) is 33.8 Å². The minimum Gasteiger partial charge on any atom is -0.329 e. The Morgan fingerprint density at radius 2 is 2.10 bits per heavy atom. The second-order valence-electron chi connectivity index (χ2n) is 6.78. The normalized spacial score (nSPS) is 28.3. The van der Waals surface area contributed by atoms with Crippen molar-refractivity contribution in [2.24, 2.45) is 11.7 Å². The molecule has 1 aliphatic heterocycles. The molecule has 0 aromatic carbocycles. The first-order valence-electron chi connectivity index (χ1n) is 8.81. The second kappa shape index (κ2) is 6.93. The summed E-state index contributed by atoms with van der Waals surface area (Å²) in [6.07, 6.45) is 13.8. The maximum absolute atomic E-state index is 6.16. The summed E-state index contributed by atoms with van der Waals surface area (Å²) in [5.41, 5.74) is 7.48. The quantitative estimate of drug-likeness (QED) is 0.907. The Labute approximate surface area is 128 Å². The van der Waals surface area contributed by atoms with Crippen molar-refractivity contribution < 1.29 is 0 Å². The lowest BCUT2D eigenvalue weighted by atomic mass is 9.77. The third-order valence-corrected chi connectivity index (χ3v) is 5.40. The first kappa shape index (κ1) is 15.0. The van der Waals surface area contributed by atoms with Crippen LogP contribution in [-0.2, 0) is 6.54 Å². The fourth-order valence-electron chi connectivity index (χ4n) is 4.42. The van der Waals surface area contributed by atoms with Crippen molar-refractivity contribution in [1.82, 2.24) is 14.7 Å². The maximum atomic E-state index is 6.16. The van der Waals surface area contributed by atoms with Gasteiger partial charge in [0.05, 0.1) is 12.2 Å². The van der Waals surface area contributed by atoms with Gasteiger partial charge < -0.3 is 5.73 Å². The molecule has 2 fully saturated rings. The molecule has 1 saturated heterocycles. The van der Waals surface area contributed by atoms with Crippen LogP contribution in [0, 0.1) is 5.92 Å². The molecule has 1 unspecified atom stereocenters. The van der Waals surface area contributed by atoms with Crippen molar-refractivity contribution in [2.45, 2.75) is 70.5 Å². The lowest BCUT2D eigenvalue weighted by Gasteiger charge is -2.47. The number of aryl methyl sites for hydroxylation is 1. The number of fused-ring (bicyclic) bond motifs is 1. The Hall–Kier alpha value is -0.870. The predicted octanol–water partition coefficient (Wildman–Crippen LogP) is 2.95. The number of hydrogen-bond acceptors (Lipinski definition) is 3. The SMILES string of the molecule is CCCn1cc(C(CN)N2CCC[C@H]3CCCC[C@H]32)cn1. The molecule has 1 aliphatic carbocycles. The number of nitrogens with two attached hydrogens (primary N) is 1. The van der Waals surface area contributed by atoms with Crippen LogP contribution in [0.1, 0.15) is 63.5 Å². The lowest BCUT2D eigenvalue weighted by Crippen LogP contribution is -2.49. The molecule has 118 valence electrons. The van der Waals surface area contributed by atoms with E-state index in [1.54, 1.807) is 0 Å². The molecular weight excluding hydrogens is 260 g/mol. The van der Waals surface area contributed by atoms with E-state index >= 15 is 0 Å². The van der Waals surface area contributed by atoms with E-state index in [2.05, 4.69) is 27.8 Å². The van der Waals surface area contributed by atoms with Crippen molar-refractivity contribution in [3.05, 3.63) is 18.0 Å². The summed E-state index contributed by atoms with van der Waals surface area (Å²) >= 11 is 0. The van der Waals surface area contributed by atoms with Gasteiger partial charge in [-0.1, -0.05) is 19.8 Å². The highest BCUT2D eigenvalue weighted by atomic mass is 15.3. The lowest BCUT2D eigenvalue weighted by molar-refractivity contribution is 0.0276. The summed E-state index contributed by atoms with van der Waals surface area (Å²) in [5, 5.41) is 4.51. The highest BCUT2D eigenvalue weighted by Crippen LogP contribution is 2.39. The van der Waals surface area contributed by atoms with Crippen LogP contribution < -0.4 is 5.73 Å². The summed E-state index contributed by atoms with van der Waals surface area (Å²) < 4.78 is 2.07. The zero-order chi connectivity index (χ0) is 14.7. The van der Waals surface area contributed by atoms with Crippen molar-refractivity contribution in [3.63, 3.8) is 0 Å². The van der Waals surface area contributed by atoms with Gasteiger partial charge in [0.1, 0.15) is 0 Å². The Morgan fingerprint density at radius 1 is 1.29 bits per heavy atom.